The maximum Gasteiger partial charge on any atom is 0.290 e. The van der Waals surface area contributed by atoms with Crippen LogP contribution in [0.1, 0.15) is 69.1 Å². The van der Waals surface area contributed by atoms with Gasteiger partial charge < -0.3 is 14.9 Å². The fraction of sp³-hybridized carbons (Fsp3) is 0.733. The second kappa shape index (κ2) is 8.04. The molecule has 1 heterocycles. The van der Waals surface area contributed by atoms with Crippen LogP contribution in [-0.4, -0.2) is 28.8 Å². The number of carbonyl (C=O) groups excluding carboxylic acids is 1. The van der Waals surface area contributed by atoms with Crippen molar-refractivity contribution >= 4 is 5.91 Å². The monoisotopic (exact) mass is 282 g/mol. The van der Waals surface area contributed by atoms with Crippen LogP contribution in [0.5, 0.6) is 0 Å². The fourth-order valence-electron chi connectivity index (χ4n) is 2.30. The van der Waals surface area contributed by atoms with Gasteiger partial charge in [-0.25, -0.2) is 0 Å². The maximum absolute atomic E-state index is 12.1. The van der Waals surface area contributed by atoms with Gasteiger partial charge in [0.25, 0.3) is 5.91 Å². The smallest absolute Gasteiger partial charge is 0.290 e. The average Bonchev–Trinajstić information content (AvgIpc) is 2.88. The third-order valence-electron chi connectivity index (χ3n) is 3.47. The van der Waals surface area contributed by atoms with Gasteiger partial charge in [-0.1, -0.05) is 32.9 Å². The summed E-state index contributed by atoms with van der Waals surface area (Å²) in [6, 6.07) is 1.46. The minimum absolute atomic E-state index is 0.0720. The van der Waals surface area contributed by atoms with Crippen molar-refractivity contribution in [2.45, 2.75) is 58.9 Å². The summed E-state index contributed by atoms with van der Waals surface area (Å²) in [7, 11) is 0. The van der Waals surface area contributed by atoms with E-state index in [4.69, 9.17) is 4.52 Å². The predicted octanol–water partition coefficient (Wildman–Crippen LogP) is 2.72. The Morgan fingerprint density at radius 3 is 2.55 bits per heavy atom. The first-order valence-electron chi connectivity index (χ1n) is 7.40. The molecular formula is C15H26N2O3. The molecule has 0 bridgehead atoms. The molecule has 0 aliphatic carbocycles. The first kappa shape index (κ1) is 16.7. The number of hydrogen-bond acceptors (Lipinski definition) is 4. The molecule has 1 aromatic heterocycles. The molecule has 1 aromatic rings. The van der Waals surface area contributed by atoms with E-state index in [9.17, 15) is 9.90 Å². The average molecular weight is 282 g/mol. The number of hydrogen-bond donors (Lipinski definition) is 2. The standard InChI is InChI=1S/C15H26N2O3/c1-5-11(6-2)13-8-14(20-17-13)15(19)16-12(9-18)7-10(3)4/h8,10-12,18H,5-7,9H2,1-4H3,(H,16,19). The highest BCUT2D eigenvalue weighted by molar-refractivity contribution is 5.91. The van der Waals surface area contributed by atoms with E-state index in [0.717, 1.165) is 25.0 Å². The normalized spacial score (nSPS) is 12.9. The van der Waals surface area contributed by atoms with Crippen molar-refractivity contribution in [3.8, 4) is 0 Å². The van der Waals surface area contributed by atoms with E-state index in [1.165, 1.54) is 0 Å². The summed E-state index contributed by atoms with van der Waals surface area (Å²) in [5, 5.41) is 16.0. The molecule has 0 spiro atoms. The molecule has 0 aliphatic heterocycles. The van der Waals surface area contributed by atoms with Crippen LogP contribution in [0.2, 0.25) is 0 Å². The molecule has 2 N–H and O–H groups in total. The third-order valence-corrected chi connectivity index (χ3v) is 3.47. The molecule has 5 nitrogen and oxygen atoms in total. The summed E-state index contributed by atoms with van der Waals surface area (Å²) in [6.45, 7) is 8.21. The number of nitrogens with zero attached hydrogens (tertiary/aromatic N) is 1. The summed E-state index contributed by atoms with van der Waals surface area (Å²) >= 11 is 0. The molecule has 1 atom stereocenters. The molecule has 114 valence electrons. The van der Waals surface area contributed by atoms with Crippen LogP contribution in [0.4, 0.5) is 0 Å². The fourth-order valence-corrected chi connectivity index (χ4v) is 2.30. The van der Waals surface area contributed by atoms with Crippen LogP contribution in [-0.2, 0) is 0 Å². The summed E-state index contributed by atoms with van der Waals surface area (Å²) < 4.78 is 5.12. The lowest BCUT2D eigenvalue weighted by Gasteiger charge is -2.17. The number of carbonyl (C=O) groups is 1. The maximum atomic E-state index is 12.1. The highest BCUT2D eigenvalue weighted by atomic mass is 16.5. The van der Waals surface area contributed by atoms with Crippen LogP contribution < -0.4 is 5.32 Å². The summed E-state index contributed by atoms with van der Waals surface area (Å²) in [6.07, 6.45) is 2.67. The first-order chi connectivity index (χ1) is 9.51. The van der Waals surface area contributed by atoms with Crippen molar-refractivity contribution in [3.05, 3.63) is 17.5 Å². The van der Waals surface area contributed by atoms with E-state index < -0.39 is 0 Å². The van der Waals surface area contributed by atoms with Crippen molar-refractivity contribution < 1.29 is 14.4 Å². The molecule has 1 rings (SSSR count). The van der Waals surface area contributed by atoms with Gasteiger partial charge in [-0.3, -0.25) is 4.79 Å². The van der Waals surface area contributed by atoms with E-state index >= 15 is 0 Å². The molecule has 1 amide bonds. The van der Waals surface area contributed by atoms with Crippen LogP contribution in [0.3, 0.4) is 0 Å². The number of amides is 1. The quantitative estimate of drug-likeness (QED) is 0.768. The third kappa shape index (κ3) is 4.63. The molecule has 20 heavy (non-hydrogen) atoms. The first-order valence-corrected chi connectivity index (χ1v) is 7.40. The van der Waals surface area contributed by atoms with Crippen LogP contribution in [0.15, 0.2) is 10.6 Å². The number of aromatic nitrogens is 1. The second-order valence-electron chi connectivity index (χ2n) is 5.61. The Balaban J connectivity index is 2.68. The van der Waals surface area contributed by atoms with Crippen molar-refractivity contribution in [1.82, 2.24) is 10.5 Å². The van der Waals surface area contributed by atoms with E-state index in [2.05, 4.69) is 38.2 Å². The van der Waals surface area contributed by atoms with Crippen LogP contribution in [0.25, 0.3) is 0 Å². The Labute approximate surface area is 120 Å². The van der Waals surface area contributed by atoms with Gasteiger partial charge in [0, 0.05) is 12.0 Å². The van der Waals surface area contributed by atoms with Gasteiger partial charge >= 0.3 is 0 Å². The Morgan fingerprint density at radius 1 is 1.40 bits per heavy atom. The second-order valence-corrected chi connectivity index (χ2v) is 5.61. The van der Waals surface area contributed by atoms with Crippen molar-refractivity contribution in [2.75, 3.05) is 6.61 Å². The van der Waals surface area contributed by atoms with E-state index in [1.807, 2.05) is 0 Å². The van der Waals surface area contributed by atoms with Crippen molar-refractivity contribution in [2.24, 2.45) is 5.92 Å². The lowest BCUT2D eigenvalue weighted by Crippen LogP contribution is -2.38. The Hall–Kier alpha value is -1.36. The Bertz CT molecular complexity index is 411. The number of rotatable bonds is 8. The summed E-state index contributed by atoms with van der Waals surface area (Å²) in [4.78, 5) is 12.1. The topological polar surface area (TPSA) is 75.4 Å². The van der Waals surface area contributed by atoms with Gasteiger partial charge in [-0.05, 0) is 25.2 Å². The molecule has 0 fully saturated rings. The number of nitrogens with one attached hydrogen (secondary N) is 1. The zero-order chi connectivity index (χ0) is 15.1. The lowest BCUT2D eigenvalue weighted by molar-refractivity contribution is 0.0871. The van der Waals surface area contributed by atoms with Gasteiger partial charge in [0.1, 0.15) is 0 Å². The Kier molecular flexibility index (Phi) is 6.71. The number of aliphatic hydroxyl groups is 1. The zero-order valence-corrected chi connectivity index (χ0v) is 12.8. The summed E-state index contributed by atoms with van der Waals surface area (Å²) in [5.74, 6) is 0.635. The van der Waals surface area contributed by atoms with Crippen molar-refractivity contribution in [1.29, 1.82) is 0 Å². The molecule has 0 aliphatic rings. The van der Waals surface area contributed by atoms with Crippen LogP contribution in [0, 0.1) is 5.92 Å². The minimum atomic E-state index is -0.311. The Morgan fingerprint density at radius 2 is 2.05 bits per heavy atom. The number of aliphatic hydroxyl groups excluding tert-OH is 1. The molecule has 0 saturated carbocycles. The van der Waals surface area contributed by atoms with E-state index in [1.54, 1.807) is 6.07 Å². The van der Waals surface area contributed by atoms with Gasteiger partial charge in [0.05, 0.1) is 18.3 Å². The van der Waals surface area contributed by atoms with Gasteiger partial charge in [-0.15, -0.1) is 0 Å². The largest absolute Gasteiger partial charge is 0.394 e. The zero-order valence-electron chi connectivity index (χ0n) is 12.8. The minimum Gasteiger partial charge on any atom is -0.394 e. The molecule has 0 radical (unpaired) electrons. The van der Waals surface area contributed by atoms with Crippen molar-refractivity contribution in [3.63, 3.8) is 0 Å². The van der Waals surface area contributed by atoms with Gasteiger partial charge in [-0.2, -0.15) is 0 Å². The molecule has 1 unspecified atom stereocenters. The van der Waals surface area contributed by atoms with Crippen LogP contribution >= 0.6 is 0 Å². The molecule has 0 aromatic carbocycles. The molecule has 0 saturated heterocycles. The van der Waals surface area contributed by atoms with E-state index in [0.29, 0.717) is 11.8 Å². The summed E-state index contributed by atoms with van der Waals surface area (Å²) in [5.41, 5.74) is 0.824. The van der Waals surface area contributed by atoms with E-state index in [-0.39, 0.29) is 24.3 Å². The van der Waals surface area contributed by atoms with Gasteiger partial charge in [0.2, 0.25) is 5.76 Å². The lowest BCUT2D eigenvalue weighted by atomic mass is 9.99. The predicted molar refractivity (Wildman–Crippen MR) is 77.6 cm³/mol. The highest BCUT2D eigenvalue weighted by Crippen LogP contribution is 2.22. The molecular weight excluding hydrogens is 256 g/mol. The SMILES string of the molecule is CCC(CC)c1cc(C(=O)NC(CO)CC(C)C)on1. The van der Waals surface area contributed by atoms with Gasteiger partial charge in [0.15, 0.2) is 0 Å². The molecule has 5 heteroatoms. The highest BCUT2D eigenvalue weighted by Gasteiger charge is 2.20.